The Hall–Kier alpha value is -2.02. The van der Waals surface area contributed by atoms with Gasteiger partial charge in [0.25, 0.3) is 0 Å². The molecule has 6 nitrogen and oxygen atoms in total. The van der Waals surface area contributed by atoms with Gasteiger partial charge < -0.3 is 9.32 Å². The predicted molar refractivity (Wildman–Crippen MR) is 73.3 cm³/mol. The van der Waals surface area contributed by atoms with Crippen LogP contribution < -0.4 is 4.90 Å². The highest BCUT2D eigenvalue weighted by molar-refractivity contribution is 7.17. The maximum atomic E-state index is 5.40. The Labute approximate surface area is 114 Å². The van der Waals surface area contributed by atoms with Crippen LogP contribution in [-0.2, 0) is 6.54 Å². The van der Waals surface area contributed by atoms with Crippen molar-refractivity contribution in [2.24, 2.45) is 0 Å². The molecule has 7 heteroatoms. The van der Waals surface area contributed by atoms with E-state index in [2.05, 4.69) is 20.2 Å². The SMILES string of the molecule is Cc1nc(N(C)Cc2nnc(C)o2)c2sccc2n1. The number of aromatic nitrogens is 4. The summed E-state index contributed by atoms with van der Waals surface area (Å²) in [5, 5.41) is 9.85. The van der Waals surface area contributed by atoms with E-state index in [0.717, 1.165) is 21.9 Å². The summed E-state index contributed by atoms with van der Waals surface area (Å²) in [6.45, 7) is 4.21. The topological polar surface area (TPSA) is 67.9 Å². The van der Waals surface area contributed by atoms with Crippen LogP contribution in [0.15, 0.2) is 15.9 Å². The van der Waals surface area contributed by atoms with E-state index in [0.29, 0.717) is 18.3 Å². The summed E-state index contributed by atoms with van der Waals surface area (Å²) in [5.41, 5.74) is 0.973. The number of hydrogen-bond acceptors (Lipinski definition) is 7. The predicted octanol–water partition coefficient (Wildman–Crippen LogP) is 2.33. The molecule has 0 saturated heterocycles. The van der Waals surface area contributed by atoms with Gasteiger partial charge in [0.05, 0.1) is 16.8 Å². The van der Waals surface area contributed by atoms with E-state index in [9.17, 15) is 0 Å². The smallest absolute Gasteiger partial charge is 0.235 e. The lowest BCUT2D eigenvalue weighted by Crippen LogP contribution is -2.18. The molecule has 0 saturated carbocycles. The Morgan fingerprint density at radius 3 is 2.84 bits per heavy atom. The van der Waals surface area contributed by atoms with Crippen molar-refractivity contribution in [3.05, 3.63) is 29.1 Å². The van der Waals surface area contributed by atoms with Gasteiger partial charge in [-0.15, -0.1) is 21.5 Å². The molecule has 3 heterocycles. The summed E-state index contributed by atoms with van der Waals surface area (Å²) in [7, 11) is 1.96. The lowest BCUT2D eigenvalue weighted by atomic mass is 10.4. The van der Waals surface area contributed by atoms with Crippen LogP contribution in [-0.4, -0.2) is 27.2 Å². The number of fused-ring (bicyclic) bond motifs is 1. The number of rotatable bonds is 3. The van der Waals surface area contributed by atoms with Gasteiger partial charge in [-0.1, -0.05) is 0 Å². The minimum Gasteiger partial charge on any atom is -0.424 e. The second-order valence-corrected chi connectivity index (χ2v) is 5.22. The minimum absolute atomic E-state index is 0.532. The third-order valence-corrected chi connectivity index (χ3v) is 3.60. The first kappa shape index (κ1) is 12.0. The van der Waals surface area contributed by atoms with Crippen LogP contribution in [0.4, 0.5) is 5.82 Å². The lowest BCUT2D eigenvalue weighted by Gasteiger charge is -2.16. The van der Waals surface area contributed by atoms with Crippen LogP contribution >= 0.6 is 11.3 Å². The third-order valence-electron chi connectivity index (χ3n) is 2.70. The highest BCUT2D eigenvalue weighted by Gasteiger charge is 2.14. The number of thiophene rings is 1. The maximum Gasteiger partial charge on any atom is 0.235 e. The molecule has 98 valence electrons. The van der Waals surface area contributed by atoms with Crippen LogP contribution in [0, 0.1) is 13.8 Å². The van der Waals surface area contributed by atoms with Crippen LogP contribution in [0.1, 0.15) is 17.6 Å². The summed E-state index contributed by atoms with van der Waals surface area (Å²) in [4.78, 5) is 10.9. The molecular weight excluding hydrogens is 262 g/mol. The molecular formula is C12H13N5OS. The second kappa shape index (κ2) is 4.58. The van der Waals surface area contributed by atoms with Gasteiger partial charge in [-0.2, -0.15) is 0 Å². The first-order valence-electron chi connectivity index (χ1n) is 5.85. The minimum atomic E-state index is 0.532. The molecule has 3 aromatic rings. The molecule has 0 radical (unpaired) electrons. The highest BCUT2D eigenvalue weighted by Crippen LogP contribution is 2.28. The molecule has 3 rings (SSSR count). The van der Waals surface area contributed by atoms with E-state index in [4.69, 9.17) is 4.42 Å². The molecule has 0 aromatic carbocycles. The van der Waals surface area contributed by atoms with Gasteiger partial charge in [-0.05, 0) is 18.4 Å². The van der Waals surface area contributed by atoms with Crippen LogP contribution in [0.5, 0.6) is 0 Å². The third kappa shape index (κ3) is 2.28. The zero-order chi connectivity index (χ0) is 13.4. The molecule has 0 aliphatic heterocycles. The lowest BCUT2D eigenvalue weighted by molar-refractivity contribution is 0.466. The molecule has 0 aliphatic carbocycles. The van der Waals surface area contributed by atoms with Crippen molar-refractivity contribution in [3.63, 3.8) is 0 Å². The molecule has 3 aromatic heterocycles. The molecule has 0 aliphatic rings. The van der Waals surface area contributed by atoms with Gasteiger partial charge in [-0.3, -0.25) is 0 Å². The van der Waals surface area contributed by atoms with Gasteiger partial charge in [0.15, 0.2) is 5.82 Å². The van der Waals surface area contributed by atoms with Crippen molar-refractivity contribution in [1.82, 2.24) is 20.2 Å². The van der Waals surface area contributed by atoms with E-state index in [1.165, 1.54) is 0 Å². The zero-order valence-electron chi connectivity index (χ0n) is 10.9. The Morgan fingerprint density at radius 2 is 2.11 bits per heavy atom. The number of anilines is 1. The standard InChI is InChI=1S/C12H13N5OS/c1-7-13-9-4-5-19-11(9)12(14-7)17(3)6-10-16-15-8(2)18-10/h4-5H,6H2,1-3H3. The van der Waals surface area contributed by atoms with Gasteiger partial charge in [-0.25, -0.2) is 9.97 Å². The van der Waals surface area contributed by atoms with Gasteiger partial charge in [0.2, 0.25) is 11.8 Å². The molecule has 19 heavy (non-hydrogen) atoms. The van der Waals surface area contributed by atoms with E-state index in [1.807, 2.05) is 30.3 Å². The molecule has 0 bridgehead atoms. The van der Waals surface area contributed by atoms with Crippen molar-refractivity contribution in [1.29, 1.82) is 0 Å². The monoisotopic (exact) mass is 275 g/mol. The highest BCUT2D eigenvalue weighted by atomic mass is 32.1. The number of hydrogen-bond donors (Lipinski definition) is 0. The molecule has 0 unspecified atom stereocenters. The Kier molecular flexibility index (Phi) is 2.90. The fourth-order valence-corrected chi connectivity index (χ4v) is 2.77. The van der Waals surface area contributed by atoms with E-state index in [-0.39, 0.29) is 0 Å². The van der Waals surface area contributed by atoms with E-state index < -0.39 is 0 Å². The largest absolute Gasteiger partial charge is 0.424 e. The fourth-order valence-electron chi connectivity index (χ4n) is 1.90. The van der Waals surface area contributed by atoms with Crippen molar-refractivity contribution < 1.29 is 4.42 Å². The molecule has 0 spiro atoms. The van der Waals surface area contributed by atoms with Gasteiger partial charge in [0.1, 0.15) is 5.82 Å². The van der Waals surface area contributed by atoms with Crippen LogP contribution in [0.25, 0.3) is 10.2 Å². The second-order valence-electron chi connectivity index (χ2n) is 4.30. The zero-order valence-corrected chi connectivity index (χ0v) is 11.7. The first-order valence-corrected chi connectivity index (χ1v) is 6.73. The van der Waals surface area contributed by atoms with Gasteiger partial charge >= 0.3 is 0 Å². The first-order chi connectivity index (χ1) is 9.13. The molecule has 0 amide bonds. The van der Waals surface area contributed by atoms with Crippen LogP contribution in [0.2, 0.25) is 0 Å². The Balaban J connectivity index is 1.96. The number of aryl methyl sites for hydroxylation is 2. The normalized spacial score (nSPS) is 11.1. The average molecular weight is 275 g/mol. The van der Waals surface area contributed by atoms with Crippen molar-refractivity contribution in [2.75, 3.05) is 11.9 Å². The average Bonchev–Trinajstić information content (AvgIpc) is 2.96. The van der Waals surface area contributed by atoms with Crippen molar-refractivity contribution >= 4 is 27.4 Å². The molecule has 0 N–H and O–H groups in total. The summed E-state index contributed by atoms with van der Waals surface area (Å²) in [5.74, 6) is 2.81. The fraction of sp³-hybridized carbons (Fsp3) is 0.333. The molecule has 0 fully saturated rings. The summed E-state index contributed by atoms with van der Waals surface area (Å²) in [6, 6.07) is 2.00. The molecule has 0 atom stereocenters. The van der Waals surface area contributed by atoms with E-state index >= 15 is 0 Å². The van der Waals surface area contributed by atoms with Gasteiger partial charge in [0, 0.05) is 14.0 Å². The summed E-state index contributed by atoms with van der Waals surface area (Å²) < 4.78 is 6.47. The summed E-state index contributed by atoms with van der Waals surface area (Å²) in [6.07, 6.45) is 0. The maximum absolute atomic E-state index is 5.40. The van der Waals surface area contributed by atoms with Crippen molar-refractivity contribution in [2.45, 2.75) is 20.4 Å². The Bertz CT molecular complexity index is 720. The van der Waals surface area contributed by atoms with E-state index in [1.54, 1.807) is 18.3 Å². The van der Waals surface area contributed by atoms with Crippen molar-refractivity contribution in [3.8, 4) is 0 Å². The Morgan fingerprint density at radius 1 is 1.26 bits per heavy atom. The quantitative estimate of drug-likeness (QED) is 0.730. The summed E-state index contributed by atoms with van der Waals surface area (Å²) >= 11 is 1.63. The number of nitrogens with zero attached hydrogens (tertiary/aromatic N) is 5. The van der Waals surface area contributed by atoms with Crippen LogP contribution in [0.3, 0.4) is 0 Å².